The summed E-state index contributed by atoms with van der Waals surface area (Å²) in [6.45, 7) is -1.26. The summed E-state index contributed by atoms with van der Waals surface area (Å²) in [7, 11) is -4.34. The summed E-state index contributed by atoms with van der Waals surface area (Å²) in [5, 5.41) is 14.7. The average Bonchev–Trinajstić information content (AvgIpc) is 3.30. The van der Waals surface area contributed by atoms with Gasteiger partial charge in [0.25, 0.3) is 10.0 Å². The molecule has 9 nitrogen and oxygen atoms in total. The Morgan fingerprint density at radius 2 is 1.72 bits per heavy atom. The normalized spacial score (nSPS) is 22.2. The smallest absolute Gasteiger partial charge is 0.408 e. The van der Waals surface area contributed by atoms with E-state index in [1.54, 1.807) is 12.1 Å². The Balaban J connectivity index is 1.39. The number of aromatic nitrogens is 2. The summed E-state index contributed by atoms with van der Waals surface area (Å²) in [6.07, 6.45) is -3.00. The quantitative estimate of drug-likeness (QED) is 0.511. The van der Waals surface area contributed by atoms with E-state index < -0.39 is 45.7 Å². The molecule has 5 rings (SSSR count). The van der Waals surface area contributed by atoms with Crippen LogP contribution in [0.5, 0.6) is 11.5 Å². The van der Waals surface area contributed by atoms with Crippen molar-refractivity contribution >= 4 is 27.6 Å². The highest BCUT2D eigenvalue weighted by Gasteiger charge is 2.40. The zero-order valence-corrected chi connectivity index (χ0v) is 19.4. The predicted octanol–water partition coefficient (Wildman–Crippen LogP) is 3.52. The molecule has 0 spiro atoms. The first-order valence-corrected chi connectivity index (χ1v) is 12.4. The number of alkyl halides is 3. The number of nitrogens with zero attached hydrogens (tertiary/aromatic N) is 4. The number of fused-ring (bicyclic) bond motifs is 2. The van der Waals surface area contributed by atoms with Crippen LogP contribution in [0.1, 0.15) is 0 Å². The van der Waals surface area contributed by atoms with Crippen molar-refractivity contribution in [3.63, 3.8) is 0 Å². The first-order chi connectivity index (χ1) is 17.1. The summed E-state index contributed by atoms with van der Waals surface area (Å²) >= 11 is 0. The number of hydrogen-bond donors (Lipinski definition) is 1. The van der Waals surface area contributed by atoms with E-state index in [1.807, 2.05) is 41.3 Å². The van der Waals surface area contributed by atoms with Gasteiger partial charge in [-0.2, -0.15) is 31.1 Å². The maximum absolute atomic E-state index is 12.6. The molecular formula is C23H21F3N4O5S. The molecule has 0 bridgehead atoms. The van der Waals surface area contributed by atoms with Gasteiger partial charge in [-0.1, -0.05) is 24.3 Å². The molecule has 2 aromatic carbocycles. The molecule has 3 aromatic rings. The molecule has 190 valence electrons. The third kappa shape index (κ3) is 4.81. The van der Waals surface area contributed by atoms with Crippen molar-refractivity contribution in [2.45, 2.75) is 29.8 Å². The van der Waals surface area contributed by atoms with Crippen LogP contribution in [0.3, 0.4) is 0 Å². The maximum Gasteiger partial charge on any atom is 0.408 e. The molecule has 1 saturated heterocycles. The number of aliphatic hydroxyl groups excluding tert-OH is 1. The number of ether oxygens (including phenoxy) is 2. The van der Waals surface area contributed by atoms with E-state index in [2.05, 4.69) is 9.50 Å². The van der Waals surface area contributed by atoms with Gasteiger partial charge in [0.1, 0.15) is 11.4 Å². The lowest BCUT2D eigenvalue weighted by atomic mass is 9.93. The van der Waals surface area contributed by atoms with Crippen molar-refractivity contribution < 1.29 is 36.2 Å². The third-order valence-electron chi connectivity index (χ3n) is 5.87. The fourth-order valence-electron chi connectivity index (χ4n) is 4.22. The van der Waals surface area contributed by atoms with Gasteiger partial charge in [-0.3, -0.25) is 4.68 Å². The Morgan fingerprint density at radius 3 is 2.36 bits per heavy atom. The molecule has 1 aromatic heterocycles. The van der Waals surface area contributed by atoms with Gasteiger partial charge in [-0.25, -0.2) is 0 Å². The minimum Gasteiger partial charge on any atom is -0.453 e. The molecule has 0 radical (unpaired) electrons. The Kier molecular flexibility index (Phi) is 6.22. The molecule has 1 N–H and O–H groups in total. The van der Waals surface area contributed by atoms with Gasteiger partial charge < -0.3 is 19.5 Å². The van der Waals surface area contributed by atoms with E-state index in [0.717, 1.165) is 18.6 Å². The van der Waals surface area contributed by atoms with Crippen LogP contribution in [0.15, 0.2) is 70.2 Å². The maximum atomic E-state index is 12.6. The molecule has 0 saturated carbocycles. The average molecular weight is 523 g/mol. The molecule has 3 heterocycles. The minimum absolute atomic E-state index is 0.0116. The molecule has 13 heteroatoms. The second kappa shape index (κ2) is 9.22. The number of anilines is 2. The third-order valence-corrected chi connectivity index (χ3v) is 7.08. The van der Waals surface area contributed by atoms with Gasteiger partial charge >= 0.3 is 6.18 Å². The van der Waals surface area contributed by atoms with Crippen LogP contribution in [0.25, 0.3) is 0 Å². The second-order valence-electron chi connectivity index (χ2n) is 8.39. The fourth-order valence-corrected chi connectivity index (χ4v) is 5.10. The number of para-hydroxylation sites is 4. The predicted molar refractivity (Wildman–Crippen MR) is 123 cm³/mol. The monoisotopic (exact) mass is 522 g/mol. The summed E-state index contributed by atoms with van der Waals surface area (Å²) in [5.74, 6) is 0.390. The molecule has 1 fully saturated rings. The SMILES string of the molecule is O=S(=O)(N=CC1COC[C@H](N2c3ccccc3Oc3ccccc32)[C@H]1O)c1cnn(CC(F)(F)F)c1. The van der Waals surface area contributed by atoms with E-state index in [4.69, 9.17) is 9.47 Å². The van der Waals surface area contributed by atoms with Crippen molar-refractivity contribution in [3.8, 4) is 11.5 Å². The van der Waals surface area contributed by atoms with Gasteiger partial charge in [-0.05, 0) is 24.3 Å². The highest BCUT2D eigenvalue weighted by atomic mass is 32.2. The highest BCUT2D eigenvalue weighted by molar-refractivity contribution is 7.90. The molecule has 1 unspecified atom stereocenters. The molecule has 3 atom stereocenters. The summed E-state index contributed by atoms with van der Waals surface area (Å²) in [5.41, 5.74) is 1.43. The topological polar surface area (TPSA) is 106 Å². The first kappa shape index (κ1) is 24.3. The van der Waals surface area contributed by atoms with Crippen LogP contribution in [0, 0.1) is 5.92 Å². The Hall–Kier alpha value is -3.42. The number of benzene rings is 2. The summed E-state index contributed by atoms with van der Waals surface area (Å²) in [4.78, 5) is 1.41. The van der Waals surface area contributed by atoms with E-state index in [0.29, 0.717) is 27.6 Å². The van der Waals surface area contributed by atoms with Crippen molar-refractivity contribution in [2.24, 2.45) is 10.3 Å². The largest absolute Gasteiger partial charge is 0.453 e. The Morgan fingerprint density at radius 1 is 1.08 bits per heavy atom. The summed E-state index contributed by atoms with van der Waals surface area (Å²) in [6, 6.07) is 14.0. The zero-order valence-electron chi connectivity index (χ0n) is 18.6. The molecule has 2 aliphatic heterocycles. The lowest BCUT2D eigenvalue weighted by Crippen LogP contribution is -2.53. The van der Waals surface area contributed by atoms with Crippen molar-refractivity contribution in [1.29, 1.82) is 0 Å². The number of aliphatic hydroxyl groups is 1. The van der Waals surface area contributed by atoms with Gasteiger partial charge in [0.05, 0.1) is 42.9 Å². The van der Waals surface area contributed by atoms with Crippen LogP contribution in [0.4, 0.5) is 24.5 Å². The first-order valence-electron chi connectivity index (χ1n) is 10.9. The standard InChI is InChI=1S/C23H21F3N4O5S/c24-23(25,26)14-29-11-16(10-27-29)36(32,33)28-9-15-12-34-13-19(22(15)31)30-17-5-1-3-7-20(17)35-21-8-4-2-6-18(21)30/h1-11,15,19,22,31H,12-14H2/t15?,19-,22-/m0/s1. The van der Waals surface area contributed by atoms with Gasteiger partial charge in [0.2, 0.25) is 0 Å². The Bertz CT molecular complexity index is 1350. The van der Waals surface area contributed by atoms with Gasteiger partial charge in [-0.15, -0.1) is 0 Å². The van der Waals surface area contributed by atoms with E-state index >= 15 is 0 Å². The lowest BCUT2D eigenvalue weighted by Gasteiger charge is -2.43. The van der Waals surface area contributed by atoms with Crippen LogP contribution in [-0.2, 0) is 21.3 Å². The molecule has 36 heavy (non-hydrogen) atoms. The fraction of sp³-hybridized carbons (Fsp3) is 0.304. The van der Waals surface area contributed by atoms with Crippen molar-refractivity contribution in [2.75, 3.05) is 18.1 Å². The molecule has 0 aliphatic carbocycles. The van der Waals surface area contributed by atoms with E-state index in [1.165, 1.54) is 0 Å². The van der Waals surface area contributed by atoms with Crippen LogP contribution in [-0.4, -0.2) is 61.1 Å². The van der Waals surface area contributed by atoms with Crippen molar-refractivity contribution in [1.82, 2.24) is 9.78 Å². The number of rotatable bonds is 5. The minimum atomic E-state index is -4.55. The number of hydrogen-bond acceptors (Lipinski definition) is 7. The Labute approximate surface area is 204 Å². The second-order valence-corrected chi connectivity index (χ2v) is 10.0. The molecule has 0 amide bonds. The van der Waals surface area contributed by atoms with Crippen LogP contribution < -0.4 is 9.64 Å². The molecular weight excluding hydrogens is 501 g/mol. The van der Waals surface area contributed by atoms with E-state index in [9.17, 15) is 26.7 Å². The van der Waals surface area contributed by atoms with Gasteiger partial charge in [0.15, 0.2) is 11.5 Å². The molecule has 2 aliphatic rings. The van der Waals surface area contributed by atoms with Crippen LogP contribution >= 0.6 is 0 Å². The lowest BCUT2D eigenvalue weighted by molar-refractivity contribution is -0.142. The van der Waals surface area contributed by atoms with E-state index in [-0.39, 0.29) is 13.2 Å². The number of sulfonamides is 1. The number of halogens is 3. The summed E-state index contributed by atoms with van der Waals surface area (Å²) < 4.78 is 78.6. The van der Waals surface area contributed by atoms with Crippen LogP contribution in [0.2, 0.25) is 0 Å². The van der Waals surface area contributed by atoms with Crippen molar-refractivity contribution in [3.05, 3.63) is 60.9 Å². The van der Waals surface area contributed by atoms with Gasteiger partial charge in [0, 0.05) is 18.3 Å². The zero-order chi connectivity index (χ0) is 25.5. The highest BCUT2D eigenvalue weighted by Crippen LogP contribution is 2.48.